The van der Waals surface area contributed by atoms with Crippen molar-refractivity contribution >= 4 is 17.0 Å². The van der Waals surface area contributed by atoms with Crippen molar-refractivity contribution in [3.05, 3.63) is 47.3 Å². The summed E-state index contributed by atoms with van der Waals surface area (Å²) in [6.45, 7) is 6.33. The molecule has 2 aromatic heterocycles. The van der Waals surface area contributed by atoms with Crippen LogP contribution in [-0.2, 0) is 4.74 Å². The molecule has 0 N–H and O–H groups in total. The lowest BCUT2D eigenvalue weighted by molar-refractivity contribution is 0.122. The minimum Gasteiger partial charge on any atom is -0.378 e. The summed E-state index contributed by atoms with van der Waals surface area (Å²) in [4.78, 5) is 15.8. The number of pyridine rings is 1. The molecule has 0 amide bonds. The van der Waals surface area contributed by atoms with Crippen molar-refractivity contribution in [3.8, 4) is 11.1 Å². The number of morpholine rings is 1. The molecule has 0 aliphatic carbocycles. The zero-order valence-electron chi connectivity index (χ0n) is 14.6. The summed E-state index contributed by atoms with van der Waals surface area (Å²) in [6.07, 6.45) is 0. The lowest BCUT2D eigenvalue weighted by atomic mass is 10.0. The Morgan fingerprint density at radius 2 is 1.65 bits per heavy atom. The Kier molecular flexibility index (Phi) is 4.24. The number of nitrogens with zero attached hydrogens (tertiary/aromatic N) is 4. The first-order valence-electron chi connectivity index (χ1n) is 8.47. The second kappa shape index (κ2) is 6.57. The van der Waals surface area contributed by atoms with Gasteiger partial charge in [0.1, 0.15) is 23.0 Å². The Balaban J connectivity index is 1.97. The fourth-order valence-corrected chi connectivity index (χ4v) is 3.06. The number of hydrogen-bond donors (Lipinski definition) is 0. The van der Waals surface area contributed by atoms with Crippen LogP contribution in [0.1, 0.15) is 11.4 Å². The van der Waals surface area contributed by atoms with Crippen LogP contribution in [0.2, 0.25) is 0 Å². The summed E-state index contributed by atoms with van der Waals surface area (Å²) >= 11 is 0. The maximum absolute atomic E-state index is 14.5. The number of hydrogen-bond acceptors (Lipinski definition) is 5. The van der Waals surface area contributed by atoms with Gasteiger partial charge in [0.05, 0.1) is 24.6 Å². The Hall–Kier alpha value is -2.67. The van der Waals surface area contributed by atoms with Gasteiger partial charge >= 0.3 is 0 Å². The molecule has 0 bridgehead atoms. The van der Waals surface area contributed by atoms with Crippen LogP contribution in [0.15, 0.2) is 24.3 Å². The second-order valence-corrected chi connectivity index (χ2v) is 6.32. The predicted molar refractivity (Wildman–Crippen MR) is 95.2 cm³/mol. The summed E-state index contributed by atoms with van der Waals surface area (Å²) in [5.41, 5.74) is 3.33. The minimum atomic E-state index is -0.634. The molecular weight excluding hydrogens is 338 g/mol. The lowest BCUT2D eigenvalue weighted by Crippen LogP contribution is -2.36. The molecule has 1 aliphatic rings. The van der Waals surface area contributed by atoms with Crippen LogP contribution in [0.5, 0.6) is 0 Å². The quantitative estimate of drug-likeness (QED) is 0.704. The van der Waals surface area contributed by atoms with Crippen LogP contribution >= 0.6 is 0 Å². The van der Waals surface area contributed by atoms with Crippen molar-refractivity contribution in [2.45, 2.75) is 13.8 Å². The smallest absolute Gasteiger partial charge is 0.181 e. The van der Waals surface area contributed by atoms with Crippen LogP contribution in [0.3, 0.4) is 0 Å². The van der Waals surface area contributed by atoms with Gasteiger partial charge in [0.2, 0.25) is 0 Å². The highest BCUT2D eigenvalue weighted by Gasteiger charge is 2.19. The highest BCUT2D eigenvalue weighted by atomic mass is 19.1. The van der Waals surface area contributed by atoms with Gasteiger partial charge in [-0.15, -0.1) is 0 Å². The van der Waals surface area contributed by atoms with Crippen LogP contribution in [-0.4, -0.2) is 41.3 Å². The summed E-state index contributed by atoms with van der Waals surface area (Å²) < 4.78 is 33.2. The van der Waals surface area contributed by atoms with E-state index >= 15 is 0 Å². The number of ether oxygens (including phenoxy) is 1. The molecule has 7 heteroatoms. The minimum absolute atomic E-state index is 0.283. The topological polar surface area (TPSA) is 51.1 Å². The monoisotopic (exact) mass is 356 g/mol. The molecule has 0 spiro atoms. The summed E-state index contributed by atoms with van der Waals surface area (Å²) in [5, 5.41) is 0. The van der Waals surface area contributed by atoms with Gasteiger partial charge in [-0.05, 0) is 32.0 Å². The summed E-state index contributed by atoms with van der Waals surface area (Å²) in [6, 6.07) is 5.35. The number of aromatic nitrogens is 3. The molecule has 0 unspecified atom stereocenters. The van der Waals surface area contributed by atoms with E-state index in [2.05, 4.69) is 19.9 Å². The molecule has 1 aliphatic heterocycles. The van der Waals surface area contributed by atoms with Crippen LogP contribution < -0.4 is 4.90 Å². The van der Waals surface area contributed by atoms with Crippen molar-refractivity contribution in [3.63, 3.8) is 0 Å². The molecule has 0 saturated carbocycles. The summed E-state index contributed by atoms with van der Waals surface area (Å²) in [5.74, 6) is -0.557. The third-order valence-electron chi connectivity index (χ3n) is 4.59. The second-order valence-electron chi connectivity index (χ2n) is 6.32. The summed E-state index contributed by atoms with van der Waals surface area (Å²) in [7, 11) is 0. The van der Waals surface area contributed by atoms with E-state index in [1.165, 1.54) is 12.1 Å². The largest absolute Gasteiger partial charge is 0.378 e. The van der Waals surface area contributed by atoms with E-state index in [0.717, 1.165) is 17.5 Å². The Morgan fingerprint density at radius 1 is 0.923 bits per heavy atom. The van der Waals surface area contributed by atoms with Crippen molar-refractivity contribution in [1.29, 1.82) is 0 Å². The third-order valence-corrected chi connectivity index (χ3v) is 4.59. The van der Waals surface area contributed by atoms with Crippen molar-refractivity contribution in [2.24, 2.45) is 0 Å². The van der Waals surface area contributed by atoms with Gasteiger partial charge in [0.15, 0.2) is 5.65 Å². The molecule has 134 valence electrons. The number of fused-ring (bicyclic) bond motifs is 1. The zero-order valence-corrected chi connectivity index (χ0v) is 14.6. The number of benzene rings is 1. The van der Waals surface area contributed by atoms with Gasteiger partial charge in [0, 0.05) is 30.3 Å². The average Bonchev–Trinajstić information content (AvgIpc) is 2.63. The lowest BCUT2D eigenvalue weighted by Gasteiger charge is -2.28. The normalized spacial score (nSPS) is 14.8. The molecule has 4 rings (SSSR count). The Bertz CT molecular complexity index is 987. The SMILES string of the molecule is Cc1nc2nc(N3CCOCC3)cc(-c3ccc(F)cc3F)c2nc1C. The molecule has 5 nitrogen and oxygen atoms in total. The van der Waals surface area contributed by atoms with Crippen LogP contribution in [0, 0.1) is 25.5 Å². The van der Waals surface area contributed by atoms with Gasteiger partial charge in [-0.25, -0.2) is 23.7 Å². The predicted octanol–water partition coefficient (Wildman–Crippen LogP) is 3.42. The number of rotatable bonds is 2. The fourth-order valence-electron chi connectivity index (χ4n) is 3.06. The molecule has 26 heavy (non-hydrogen) atoms. The van der Waals surface area contributed by atoms with Gasteiger partial charge in [-0.2, -0.15) is 0 Å². The molecule has 3 heterocycles. The Labute approximate surface area is 149 Å². The average molecular weight is 356 g/mol. The zero-order chi connectivity index (χ0) is 18.3. The molecular formula is C19H18F2N4O. The van der Waals surface area contributed by atoms with Gasteiger partial charge < -0.3 is 9.64 Å². The standard InChI is InChI=1S/C19H18F2N4O/c1-11-12(2)23-19-18(22-11)15(14-4-3-13(20)9-16(14)21)10-17(24-19)25-5-7-26-8-6-25/h3-4,9-10H,5-8H2,1-2H3. The fraction of sp³-hybridized carbons (Fsp3) is 0.316. The third kappa shape index (κ3) is 2.99. The van der Waals surface area contributed by atoms with E-state index in [1.54, 1.807) is 6.07 Å². The van der Waals surface area contributed by atoms with Gasteiger partial charge in [-0.1, -0.05) is 0 Å². The molecule has 3 aromatic rings. The highest BCUT2D eigenvalue weighted by molar-refractivity contribution is 5.91. The molecule has 0 radical (unpaired) electrons. The molecule has 1 fully saturated rings. The van der Waals surface area contributed by atoms with E-state index in [9.17, 15) is 8.78 Å². The first-order chi connectivity index (χ1) is 12.5. The van der Waals surface area contributed by atoms with Crippen LogP contribution in [0.25, 0.3) is 22.3 Å². The van der Waals surface area contributed by atoms with Crippen molar-refractivity contribution in [2.75, 3.05) is 31.2 Å². The van der Waals surface area contributed by atoms with Gasteiger partial charge in [0.25, 0.3) is 0 Å². The number of halogens is 2. The van der Waals surface area contributed by atoms with Crippen LogP contribution in [0.4, 0.5) is 14.6 Å². The molecule has 1 saturated heterocycles. The maximum Gasteiger partial charge on any atom is 0.181 e. The van der Waals surface area contributed by atoms with E-state index in [-0.39, 0.29) is 5.56 Å². The number of aryl methyl sites for hydroxylation is 2. The van der Waals surface area contributed by atoms with Crippen molar-refractivity contribution < 1.29 is 13.5 Å². The highest BCUT2D eigenvalue weighted by Crippen LogP contribution is 2.32. The Morgan fingerprint density at radius 3 is 2.38 bits per heavy atom. The first kappa shape index (κ1) is 16.8. The maximum atomic E-state index is 14.5. The number of anilines is 1. The van der Waals surface area contributed by atoms with E-state index in [1.807, 2.05) is 13.8 Å². The van der Waals surface area contributed by atoms with Crippen molar-refractivity contribution in [1.82, 2.24) is 15.0 Å². The molecule has 0 atom stereocenters. The molecule has 1 aromatic carbocycles. The van der Waals surface area contributed by atoms with E-state index in [0.29, 0.717) is 48.8 Å². The van der Waals surface area contributed by atoms with E-state index in [4.69, 9.17) is 4.74 Å². The van der Waals surface area contributed by atoms with Gasteiger partial charge in [-0.3, -0.25) is 0 Å². The van der Waals surface area contributed by atoms with E-state index < -0.39 is 11.6 Å². The first-order valence-corrected chi connectivity index (χ1v) is 8.47.